The fraction of sp³-hybridized carbons (Fsp3) is 0.0556. The summed E-state index contributed by atoms with van der Waals surface area (Å²) in [7, 11) is 2.09. The van der Waals surface area contributed by atoms with E-state index in [9.17, 15) is 0 Å². The van der Waals surface area contributed by atoms with Crippen LogP contribution in [-0.2, 0) is 7.05 Å². The van der Waals surface area contributed by atoms with Gasteiger partial charge in [-0.2, -0.15) is 0 Å². The van der Waals surface area contributed by atoms with E-state index in [4.69, 9.17) is 0 Å². The van der Waals surface area contributed by atoms with Crippen LogP contribution in [0.5, 0.6) is 0 Å². The van der Waals surface area contributed by atoms with Crippen molar-refractivity contribution in [1.82, 2.24) is 14.0 Å². The molecule has 4 aromatic heterocycles. The molecule has 0 saturated carbocycles. The van der Waals surface area contributed by atoms with E-state index in [0.29, 0.717) is 0 Å². The van der Waals surface area contributed by atoms with E-state index in [2.05, 4.69) is 69.8 Å². The van der Waals surface area contributed by atoms with E-state index < -0.39 is 0 Å². The van der Waals surface area contributed by atoms with E-state index >= 15 is 0 Å². The summed E-state index contributed by atoms with van der Waals surface area (Å²) in [5.41, 5.74) is 3.48. The first-order chi connectivity index (χ1) is 10.3. The van der Waals surface area contributed by atoms with Crippen LogP contribution in [0, 0.1) is 0 Å². The van der Waals surface area contributed by atoms with Crippen molar-refractivity contribution in [1.29, 1.82) is 0 Å². The van der Waals surface area contributed by atoms with Crippen molar-refractivity contribution in [3.8, 4) is 0 Å². The molecular weight excluding hydrogens is 258 g/mol. The van der Waals surface area contributed by atoms with Gasteiger partial charge in [-0.3, -0.25) is 0 Å². The molecule has 0 radical (unpaired) electrons. The Bertz CT molecular complexity index is 1140. The van der Waals surface area contributed by atoms with Crippen molar-refractivity contribution in [2.75, 3.05) is 0 Å². The van der Waals surface area contributed by atoms with Crippen molar-refractivity contribution in [3.05, 3.63) is 61.1 Å². The van der Waals surface area contributed by atoms with Crippen LogP contribution in [0.15, 0.2) is 61.1 Å². The van der Waals surface area contributed by atoms with Crippen LogP contribution in [0.3, 0.4) is 0 Å². The van der Waals surface area contributed by atoms with Crippen molar-refractivity contribution in [2.45, 2.75) is 0 Å². The van der Waals surface area contributed by atoms with Crippen LogP contribution in [0.4, 0.5) is 0 Å². The molecule has 100 valence electrons. The first-order valence-corrected chi connectivity index (χ1v) is 7.05. The lowest BCUT2D eigenvalue weighted by molar-refractivity contribution is 0.970. The van der Waals surface area contributed by atoms with Crippen molar-refractivity contribution in [3.63, 3.8) is 0 Å². The summed E-state index contributed by atoms with van der Waals surface area (Å²) in [6.07, 6.45) is 6.05. The number of fused-ring (bicyclic) bond motifs is 7. The minimum absolute atomic E-state index is 1.01. The van der Waals surface area contributed by atoms with Gasteiger partial charge in [-0.1, -0.05) is 0 Å². The lowest BCUT2D eigenvalue weighted by Crippen LogP contribution is -1.92. The fourth-order valence-electron chi connectivity index (χ4n) is 3.34. The maximum Gasteiger partial charge on any atom is 0.144 e. The molecule has 0 fully saturated rings. The molecule has 4 heterocycles. The van der Waals surface area contributed by atoms with E-state index in [1.54, 1.807) is 0 Å². The van der Waals surface area contributed by atoms with Gasteiger partial charge in [0, 0.05) is 47.3 Å². The summed E-state index contributed by atoms with van der Waals surface area (Å²) in [6, 6.07) is 15.1. The standard InChI is InChI=1S/C18H13N3/c1-20-9-6-12-10-14-13-4-2-7-19-18(13)21-8-3-5-16(21)15(14)11-17(12)20/h2-11H,1H3. The molecule has 5 rings (SSSR count). The van der Waals surface area contributed by atoms with Gasteiger partial charge in [0.1, 0.15) is 5.65 Å². The average Bonchev–Trinajstić information content (AvgIpc) is 3.14. The molecule has 0 bridgehead atoms. The van der Waals surface area contributed by atoms with Gasteiger partial charge in [0.25, 0.3) is 0 Å². The maximum atomic E-state index is 4.57. The topological polar surface area (TPSA) is 22.2 Å². The Labute approximate surface area is 121 Å². The van der Waals surface area contributed by atoms with Crippen molar-refractivity contribution in [2.24, 2.45) is 7.05 Å². The van der Waals surface area contributed by atoms with Crippen LogP contribution in [-0.4, -0.2) is 14.0 Å². The summed E-state index contributed by atoms with van der Waals surface area (Å²) in [5.74, 6) is 0. The molecule has 5 aromatic rings. The SMILES string of the molecule is Cn1ccc2cc3c(cc21)c1cccn1c1ncccc31. The van der Waals surface area contributed by atoms with Gasteiger partial charge in [-0.05, 0) is 47.9 Å². The quantitative estimate of drug-likeness (QED) is 0.388. The first-order valence-electron chi connectivity index (χ1n) is 7.05. The number of pyridine rings is 2. The number of hydrogen-bond acceptors (Lipinski definition) is 1. The largest absolute Gasteiger partial charge is 0.351 e. The molecule has 0 N–H and O–H groups in total. The Morgan fingerprint density at radius 3 is 2.76 bits per heavy atom. The summed E-state index contributed by atoms with van der Waals surface area (Å²) < 4.78 is 4.34. The highest BCUT2D eigenvalue weighted by Crippen LogP contribution is 2.32. The number of benzene rings is 1. The van der Waals surface area contributed by atoms with E-state index in [1.807, 2.05) is 12.3 Å². The molecule has 0 aliphatic rings. The second kappa shape index (κ2) is 3.64. The second-order valence-corrected chi connectivity index (χ2v) is 5.52. The number of nitrogens with zero attached hydrogens (tertiary/aromatic N) is 3. The Morgan fingerprint density at radius 2 is 1.81 bits per heavy atom. The molecule has 3 nitrogen and oxygen atoms in total. The molecule has 0 unspecified atom stereocenters. The van der Waals surface area contributed by atoms with Crippen LogP contribution < -0.4 is 0 Å². The first kappa shape index (κ1) is 10.9. The minimum Gasteiger partial charge on any atom is -0.351 e. The number of rotatable bonds is 0. The third-order valence-corrected chi connectivity index (χ3v) is 4.35. The normalized spacial score (nSPS) is 12.0. The lowest BCUT2D eigenvalue weighted by Gasteiger charge is -2.09. The Morgan fingerprint density at radius 1 is 0.857 bits per heavy atom. The van der Waals surface area contributed by atoms with Crippen molar-refractivity contribution < 1.29 is 0 Å². The highest BCUT2D eigenvalue weighted by Gasteiger charge is 2.10. The third-order valence-electron chi connectivity index (χ3n) is 4.35. The molecule has 21 heavy (non-hydrogen) atoms. The molecule has 0 amide bonds. The highest BCUT2D eigenvalue weighted by atomic mass is 15.0. The van der Waals surface area contributed by atoms with Gasteiger partial charge in [0.2, 0.25) is 0 Å². The van der Waals surface area contributed by atoms with Crippen LogP contribution in [0.1, 0.15) is 0 Å². The van der Waals surface area contributed by atoms with Crippen molar-refractivity contribution >= 4 is 38.2 Å². The monoisotopic (exact) mass is 271 g/mol. The summed E-state index contributed by atoms with van der Waals surface area (Å²) in [6.45, 7) is 0. The predicted molar refractivity (Wildman–Crippen MR) is 86.7 cm³/mol. The Balaban J connectivity index is 2.19. The third kappa shape index (κ3) is 1.30. The summed E-state index contributed by atoms with van der Waals surface area (Å²) >= 11 is 0. The maximum absolute atomic E-state index is 4.57. The predicted octanol–water partition coefficient (Wildman–Crippen LogP) is 4.13. The Kier molecular flexibility index (Phi) is 1.89. The fourth-order valence-corrected chi connectivity index (χ4v) is 3.34. The van der Waals surface area contributed by atoms with Gasteiger partial charge >= 0.3 is 0 Å². The summed E-state index contributed by atoms with van der Waals surface area (Å²) in [4.78, 5) is 4.57. The van der Waals surface area contributed by atoms with Gasteiger partial charge in [-0.25, -0.2) is 4.98 Å². The number of aromatic nitrogens is 3. The van der Waals surface area contributed by atoms with Gasteiger partial charge in [0.15, 0.2) is 0 Å². The molecule has 3 heteroatoms. The van der Waals surface area contributed by atoms with E-state index in [0.717, 1.165) is 5.65 Å². The van der Waals surface area contributed by atoms with Crippen LogP contribution in [0.25, 0.3) is 38.2 Å². The molecule has 0 aliphatic heterocycles. The lowest BCUT2D eigenvalue weighted by atomic mass is 10.0. The molecular formula is C18H13N3. The van der Waals surface area contributed by atoms with Gasteiger partial charge in [0.05, 0.1) is 5.52 Å². The smallest absolute Gasteiger partial charge is 0.144 e. The minimum atomic E-state index is 1.01. The molecule has 0 saturated heterocycles. The van der Waals surface area contributed by atoms with Crippen LogP contribution in [0.2, 0.25) is 0 Å². The van der Waals surface area contributed by atoms with Gasteiger partial charge < -0.3 is 8.97 Å². The zero-order chi connectivity index (χ0) is 14.0. The Hall–Kier alpha value is -2.81. The van der Waals surface area contributed by atoms with E-state index in [-0.39, 0.29) is 0 Å². The number of hydrogen-bond donors (Lipinski definition) is 0. The summed E-state index contributed by atoms with van der Waals surface area (Å²) in [5, 5.41) is 5.01. The molecule has 0 spiro atoms. The molecule has 0 aliphatic carbocycles. The number of aryl methyl sites for hydroxylation is 1. The van der Waals surface area contributed by atoms with Crippen LogP contribution >= 0.6 is 0 Å². The average molecular weight is 271 g/mol. The highest BCUT2D eigenvalue weighted by molar-refractivity contribution is 6.15. The van der Waals surface area contributed by atoms with E-state index in [1.165, 1.54) is 32.6 Å². The second-order valence-electron chi connectivity index (χ2n) is 5.52. The molecule has 0 atom stereocenters. The zero-order valence-corrected chi connectivity index (χ0v) is 11.6. The van der Waals surface area contributed by atoms with Gasteiger partial charge in [-0.15, -0.1) is 0 Å². The molecule has 1 aromatic carbocycles. The zero-order valence-electron chi connectivity index (χ0n) is 11.6.